The average Bonchev–Trinajstić information content (AvgIpc) is 3.02. The Hall–Kier alpha value is -1.50. The van der Waals surface area contributed by atoms with E-state index in [1.807, 2.05) is 0 Å². The summed E-state index contributed by atoms with van der Waals surface area (Å²) in [4.78, 5) is 14.6. The van der Waals surface area contributed by atoms with E-state index in [9.17, 15) is 4.79 Å². The number of fused-ring (bicyclic) bond motifs is 1. The van der Waals surface area contributed by atoms with Crippen molar-refractivity contribution >= 4 is 17.5 Å². The van der Waals surface area contributed by atoms with Crippen molar-refractivity contribution in [2.75, 3.05) is 39.6 Å². The number of rotatable bonds is 4. The van der Waals surface area contributed by atoms with Gasteiger partial charge in [0.05, 0.1) is 18.2 Å². The summed E-state index contributed by atoms with van der Waals surface area (Å²) in [5.74, 6) is 0.846. The molecule has 0 aliphatic carbocycles. The largest absolute Gasteiger partial charge is 0.454 e. The van der Waals surface area contributed by atoms with Crippen LogP contribution in [0.5, 0.6) is 11.5 Å². The van der Waals surface area contributed by atoms with E-state index in [2.05, 4.69) is 17.1 Å². The Labute approximate surface area is 134 Å². The predicted molar refractivity (Wildman–Crippen MR) is 81.8 cm³/mol. The Morgan fingerprint density at radius 3 is 2.91 bits per heavy atom. The van der Waals surface area contributed by atoms with Gasteiger partial charge in [0.2, 0.25) is 6.79 Å². The molecular formula is C15H19ClN2O4. The van der Waals surface area contributed by atoms with Gasteiger partial charge in [0, 0.05) is 31.2 Å². The van der Waals surface area contributed by atoms with Crippen LogP contribution >= 0.6 is 11.6 Å². The van der Waals surface area contributed by atoms with Crippen molar-refractivity contribution in [3.63, 3.8) is 0 Å². The van der Waals surface area contributed by atoms with Crippen LogP contribution in [0, 0.1) is 0 Å². The third-order valence-electron chi connectivity index (χ3n) is 3.92. The summed E-state index contributed by atoms with van der Waals surface area (Å²) < 4.78 is 15.9. The molecule has 0 aromatic heterocycles. The fourth-order valence-corrected chi connectivity index (χ4v) is 2.85. The summed E-state index contributed by atoms with van der Waals surface area (Å²) in [6.07, 6.45) is 0. The molecule has 0 spiro atoms. The minimum absolute atomic E-state index is 0.133. The number of halogens is 1. The van der Waals surface area contributed by atoms with Crippen molar-refractivity contribution in [3.05, 3.63) is 22.7 Å². The van der Waals surface area contributed by atoms with Gasteiger partial charge < -0.3 is 19.5 Å². The maximum atomic E-state index is 12.3. The minimum atomic E-state index is -0.166. The number of ether oxygens (including phenoxy) is 3. The van der Waals surface area contributed by atoms with Crippen LogP contribution in [0.4, 0.5) is 0 Å². The summed E-state index contributed by atoms with van der Waals surface area (Å²) >= 11 is 6.10. The molecule has 1 aromatic carbocycles. The van der Waals surface area contributed by atoms with Gasteiger partial charge in [-0.15, -0.1) is 0 Å². The lowest BCUT2D eigenvalue weighted by Gasteiger charge is -2.32. The van der Waals surface area contributed by atoms with Gasteiger partial charge in [0.25, 0.3) is 5.91 Å². The van der Waals surface area contributed by atoms with Crippen LogP contribution in [-0.4, -0.2) is 56.5 Å². The number of morpholine rings is 1. The van der Waals surface area contributed by atoms with E-state index < -0.39 is 0 Å². The van der Waals surface area contributed by atoms with Gasteiger partial charge in [0.1, 0.15) is 0 Å². The number of benzene rings is 1. The van der Waals surface area contributed by atoms with Crippen molar-refractivity contribution in [2.45, 2.75) is 13.0 Å². The Kier molecular flexibility index (Phi) is 4.71. The molecule has 6 nitrogen and oxygen atoms in total. The van der Waals surface area contributed by atoms with Gasteiger partial charge >= 0.3 is 0 Å². The molecule has 1 aromatic rings. The van der Waals surface area contributed by atoms with E-state index in [0.717, 1.165) is 26.3 Å². The van der Waals surface area contributed by atoms with Gasteiger partial charge in [-0.05, 0) is 19.1 Å². The second-order valence-corrected chi connectivity index (χ2v) is 5.81. The van der Waals surface area contributed by atoms with Crippen LogP contribution in [0.2, 0.25) is 5.02 Å². The first kappa shape index (κ1) is 15.4. The van der Waals surface area contributed by atoms with Gasteiger partial charge in [0.15, 0.2) is 11.5 Å². The number of hydrogen-bond acceptors (Lipinski definition) is 5. The number of nitrogens with zero attached hydrogens (tertiary/aromatic N) is 1. The lowest BCUT2D eigenvalue weighted by Crippen LogP contribution is -2.47. The molecule has 0 bridgehead atoms. The molecule has 3 rings (SSSR count). The van der Waals surface area contributed by atoms with Crippen molar-refractivity contribution in [1.82, 2.24) is 10.2 Å². The number of nitrogens with one attached hydrogen (secondary N) is 1. The number of amides is 1. The molecule has 2 aliphatic heterocycles. The molecule has 2 heterocycles. The Bertz CT molecular complexity index is 561. The van der Waals surface area contributed by atoms with Crippen molar-refractivity contribution in [3.8, 4) is 11.5 Å². The smallest absolute Gasteiger partial charge is 0.251 e. The first-order valence-electron chi connectivity index (χ1n) is 7.34. The summed E-state index contributed by atoms with van der Waals surface area (Å²) in [6.45, 7) is 6.09. The zero-order valence-corrected chi connectivity index (χ0v) is 13.2. The zero-order valence-electron chi connectivity index (χ0n) is 12.4. The lowest BCUT2D eigenvalue weighted by molar-refractivity contribution is 0.0204. The van der Waals surface area contributed by atoms with Crippen LogP contribution in [0.15, 0.2) is 12.1 Å². The van der Waals surface area contributed by atoms with Crippen LogP contribution in [0.1, 0.15) is 17.3 Å². The Morgan fingerprint density at radius 2 is 2.14 bits per heavy atom. The average molecular weight is 327 g/mol. The summed E-state index contributed by atoms with van der Waals surface area (Å²) in [5.41, 5.74) is 0.475. The molecule has 7 heteroatoms. The first-order valence-corrected chi connectivity index (χ1v) is 7.72. The second kappa shape index (κ2) is 6.73. The highest BCUT2D eigenvalue weighted by molar-refractivity contribution is 6.32. The van der Waals surface area contributed by atoms with Crippen molar-refractivity contribution < 1.29 is 19.0 Å². The molecule has 1 N–H and O–H groups in total. The van der Waals surface area contributed by atoms with Gasteiger partial charge in [-0.1, -0.05) is 11.6 Å². The van der Waals surface area contributed by atoms with Crippen molar-refractivity contribution in [1.29, 1.82) is 0 Å². The fraction of sp³-hybridized carbons (Fsp3) is 0.533. The molecule has 2 aliphatic rings. The third-order valence-corrected chi connectivity index (χ3v) is 4.20. The normalized spacial score (nSPS) is 19.0. The second-order valence-electron chi connectivity index (χ2n) is 5.40. The van der Waals surface area contributed by atoms with Crippen LogP contribution in [0.25, 0.3) is 0 Å². The van der Waals surface area contributed by atoms with E-state index in [1.54, 1.807) is 12.1 Å². The van der Waals surface area contributed by atoms with E-state index in [-0.39, 0.29) is 18.7 Å². The highest BCUT2D eigenvalue weighted by Crippen LogP contribution is 2.39. The van der Waals surface area contributed by atoms with Gasteiger partial charge in [-0.2, -0.15) is 0 Å². The van der Waals surface area contributed by atoms with Crippen molar-refractivity contribution in [2.24, 2.45) is 0 Å². The zero-order chi connectivity index (χ0) is 15.5. The minimum Gasteiger partial charge on any atom is -0.454 e. The third kappa shape index (κ3) is 3.29. The number of carbonyl (C=O) groups is 1. The van der Waals surface area contributed by atoms with Gasteiger partial charge in [-0.25, -0.2) is 0 Å². The van der Waals surface area contributed by atoms with Gasteiger partial charge in [-0.3, -0.25) is 9.69 Å². The van der Waals surface area contributed by atoms with Crippen LogP contribution in [-0.2, 0) is 4.74 Å². The molecule has 0 saturated carbocycles. The van der Waals surface area contributed by atoms with E-state index >= 15 is 0 Å². The Morgan fingerprint density at radius 1 is 1.36 bits per heavy atom. The molecule has 1 atom stereocenters. The molecule has 0 radical (unpaired) electrons. The highest BCUT2D eigenvalue weighted by Gasteiger charge is 2.22. The summed E-state index contributed by atoms with van der Waals surface area (Å²) in [5, 5.41) is 3.33. The Balaban J connectivity index is 1.59. The maximum Gasteiger partial charge on any atom is 0.251 e. The fourth-order valence-electron chi connectivity index (χ4n) is 2.59. The molecule has 1 unspecified atom stereocenters. The van der Waals surface area contributed by atoms with E-state index in [4.69, 9.17) is 25.8 Å². The molecule has 1 saturated heterocycles. The number of hydrogen-bond donors (Lipinski definition) is 1. The van der Waals surface area contributed by atoms with Crippen LogP contribution in [0.3, 0.4) is 0 Å². The molecule has 1 amide bonds. The molecule has 22 heavy (non-hydrogen) atoms. The van der Waals surface area contributed by atoms with Crippen LogP contribution < -0.4 is 14.8 Å². The standard InChI is InChI=1S/C15H19ClN2O4/c1-10(18-2-4-20-5-3-18)8-17-15(19)11-6-12(16)14-13(7-11)21-9-22-14/h6-7,10H,2-5,8-9H2,1H3,(H,17,19). The molecule has 1 fully saturated rings. The predicted octanol–water partition coefficient (Wildman–Crippen LogP) is 1.52. The van der Waals surface area contributed by atoms with E-state index in [0.29, 0.717) is 28.6 Å². The maximum absolute atomic E-state index is 12.3. The highest BCUT2D eigenvalue weighted by atomic mass is 35.5. The summed E-state index contributed by atoms with van der Waals surface area (Å²) in [6, 6.07) is 3.52. The topological polar surface area (TPSA) is 60.0 Å². The lowest BCUT2D eigenvalue weighted by atomic mass is 10.1. The summed E-state index contributed by atoms with van der Waals surface area (Å²) in [7, 11) is 0. The monoisotopic (exact) mass is 326 g/mol. The number of carbonyl (C=O) groups excluding carboxylic acids is 1. The molecule has 120 valence electrons. The quantitative estimate of drug-likeness (QED) is 0.909. The molecular weight excluding hydrogens is 308 g/mol. The SMILES string of the molecule is CC(CNC(=O)c1cc(Cl)c2c(c1)OCO2)N1CCOCC1. The van der Waals surface area contributed by atoms with E-state index in [1.165, 1.54) is 0 Å². The first-order chi connectivity index (χ1) is 10.6.